The molecule has 1 rings (SSSR count). The Morgan fingerprint density at radius 3 is 3.23 bits per heavy atom. The summed E-state index contributed by atoms with van der Waals surface area (Å²) in [6, 6.07) is 1.28. The van der Waals surface area contributed by atoms with Crippen LogP contribution in [0, 0.1) is 0 Å². The second-order valence-corrected chi connectivity index (χ2v) is 4.09. The number of nitrogens with two attached hydrogens (primary N) is 1. The highest BCUT2D eigenvalue weighted by atomic mass is 32.2. The van der Waals surface area contributed by atoms with Gasteiger partial charge in [-0.05, 0) is 17.7 Å². The van der Waals surface area contributed by atoms with E-state index in [-0.39, 0.29) is 0 Å². The average molecular weight is 215 g/mol. The number of urea groups is 1. The van der Waals surface area contributed by atoms with Gasteiger partial charge in [0.1, 0.15) is 0 Å². The van der Waals surface area contributed by atoms with E-state index >= 15 is 0 Å². The highest BCUT2D eigenvalue weighted by Crippen LogP contribution is 2.24. The summed E-state index contributed by atoms with van der Waals surface area (Å²) in [6.45, 7) is 0. The van der Waals surface area contributed by atoms with Gasteiger partial charge in [-0.1, -0.05) is 0 Å². The third-order valence-electron chi connectivity index (χ3n) is 1.22. The molecule has 0 spiro atoms. The molecule has 0 aliphatic heterocycles. The largest absolute Gasteiger partial charge is 0.350 e. The van der Waals surface area contributed by atoms with E-state index in [1.807, 2.05) is 17.7 Å². The maximum Gasteiger partial charge on any atom is 0.332 e. The van der Waals surface area contributed by atoms with Crippen LogP contribution in [0.3, 0.4) is 0 Å². The first-order chi connectivity index (χ1) is 6.24. The van der Waals surface area contributed by atoms with Gasteiger partial charge in [0.2, 0.25) is 0 Å². The molecule has 0 bridgehead atoms. The predicted octanol–water partition coefficient (Wildman–Crippen LogP) is 1.47. The molecule has 0 fully saturated rings. The fourth-order valence-electron chi connectivity index (χ4n) is 0.732. The lowest BCUT2D eigenvalue weighted by molar-refractivity contribution is 0.249. The molecular weight excluding hydrogens is 206 g/mol. The maximum absolute atomic E-state index is 10.3. The normalized spacial score (nSPS) is 10.5. The molecule has 0 aromatic carbocycles. The van der Waals surface area contributed by atoms with Crippen LogP contribution in [0.15, 0.2) is 20.8 Å². The molecule has 3 N–H and O–H groups in total. The molecule has 4 nitrogen and oxygen atoms in total. The minimum atomic E-state index is -0.655. The Hall–Kier alpha value is -1.01. The first-order valence-electron chi connectivity index (χ1n) is 3.44. The summed E-state index contributed by atoms with van der Waals surface area (Å²) >= 11 is 3.28. The Morgan fingerprint density at radius 1 is 1.85 bits per heavy atom. The molecule has 1 aromatic rings. The zero-order valence-electron chi connectivity index (χ0n) is 6.98. The van der Waals surface area contributed by atoms with Crippen molar-refractivity contribution >= 4 is 35.3 Å². The molecule has 0 radical (unpaired) electrons. The molecule has 0 saturated heterocycles. The zero-order valence-corrected chi connectivity index (χ0v) is 8.61. The Morgan fingerprint density at radius 2 is 2.62 bits per heavy atom. The molecule has 0 aliphatic rings. The molecule has 0 saturated carbocycles. The number of amides is 2. The van der Waals surface area contributed by atoms with Crippen molar-refractivity contribution in [1.29, 1.82) is 0 Å². The second-order valence-electron chi connectivity index (χ2n) is 2.10. The van der Waals surface area contributed by atoms with Gasteiger partial charge in [-0.15, -0.1) is 23.1 Å². The molecular formula is C7H9N3OS2. The summed E-state index contributed by atoms with van der Waals surface area (Å²) < 4.78 is 1.16. The van der Waals surface area contributed by atoms with Gasteiger partial charge >= 0.3 is 6.03 Å². The van der Waals surface area contributed by atoms with E-state index in [1.165, 1.54) is 0 Å². The molecule has 1 heterocycles. The molecule has 0 aliphatic carbocycles. The number of hydrazone groups is 1. The fourth-order valence-corrected chi connectivity index (χ4v) is 2.24. The Balaban J connectivity index is 2.62. The Bertz CT molecular complexity index is 321. The van der Waals surface area contributed by atoms with E-state index in [2.05, 4.69) is 10.5 Å². The van der Waals surface area contributed by atoms with Crippen LogP contribution in [0.2, 0.25) is 0 Å². The fraction of sp³-hybridized carbons (Fsp3) is 0.143. The van der Waals surface area contributed by atoms with Crippen molar-refractivity contribution in [2.45, 2.75) is 4.21 Å². The zero-order chi connectivity index (χ0) is 9.68. The van der Waals surface area contributed by atoms with Crippen LogP contribution in [0.25, 0.3) is 0 Å². The summed E-state index contributed by atoms with van der Waals surface area (Å²) in [7, 11) is 0. The minimum absolute atomic E-state index is 0.655. The van der Waals surface area contributed by atoms with Crippen LogP contribution < -0.4 is 11.2 Å². The lowest BCUT2D eigenvalue weighted by Gasteiger charge is -1.92. The number of carbonyl (C=O) groups excluding carboxylic acids is 1. The van der Waals surface area contributed by atoms with E-state index < -0.39 is 6.03 Å². The van der Waals surface area contributed by atoms with E-state index in [4.69, 9.17) is 5.73 Å². The predicted molar refractivity (Wildman–Crippen MR) is 56.4 cm³/mol. The van der Waals surface area contributed by atoms with E-state index in [9.17, 15) is 4.79 Å². The van der Waals surface area contributed by atoms with E-state index in [1.54, 1.807) is 29.3 Å². The van der Waals surface area contributed by atoms with Crippen molar-refractivity contribution in [1.82, 2.24) is 5.43 Å². The molecule has 6 heteroatoms. The van der Waals surface area contributed by atoms with Crippen molar-refractivity contribution in [3.05, 3.63) is 17.0 Å². The van der Waals surface area contributed by atoms with E-state index in [0.29, 0.717) is 0 Å². The van der Waals surface area contributed by atoms with Gasteiger partial charge in [0.15, 0.2) is 0 Å². The summed E-state index contributed by atoms with van der Waals surface area (Å²) in [5, 5.41) is 5.64. The first-order valence-corrected chi connectivity index (χ1v) is 5.54. The molecule has 2 amide bonds. The quantitative estimate of drug-likeness (QED) is 0.455. The molecule has 70 valence electrons. The summed E-state index contributed by atoms with van der Waals surface area (Å²) in [4.78, 5) is 10.3. The standard InChI is InChI=1S/C7H9N3OS2/c1-12-6-5(2-3-13-6)4-9-10-7(8)11/h2-4H,1H3,(H3,8,10,11)/b9-4+. The van der Waals surface area contributed by atoms with Crippen molar-refractivity contribution in [2.24, 2.45) is 10.8 Å². The van der Waals surface area contributed by atoms with Crippen LogP contribution in [0.4, 0.5) is 4.79 Å². The maximum atomic E-state index is 10.3. The van der Waals surface area contributed by atoms with Gasteiger partial charge in [0.25, 0.3) is 0 Å². The van der Waals surface area contributed by atoms with Crippen LogP contribution in [0.1, 0.15) is 5.56 Å². The van der Waals surface area contributed by atoms with Crippen LogP contribution in [-0.2, 0) is 0 Å². The number of thiophene rings is 1. The molecule has 1 aromatic heterocycles. The number of nitrogens with one attached hydrogen (secondary N) is 1. The van der Waals surface area contributed by atoms with Crippen LogP contribution >= 0.6 is 23.1 Å². The van der Waals surface area contributed by atoms with Crippen molar-refractivity contribution in [3.8, 4) is 0 Å². The topological polar surface area (TPSA) is 67.5 Å². The summed E-state index contributed by atoms with van der Waals surface area (Å²) in [5.74, 6) is 0. The van der Waals surface area contributed by atoms with Crippen LogP contribution in [0.5, 0.6) is 0 Å². The van der Waals surface area contributed by atoms with E-state index in [0.717, 1.165) is 9.77 Å². The summed E-state index contributed by atoms with van der Waals surface area (Å²) in [6.07, 6.45) is 3.57. The lowest BCUT2D eigenvalue weighted by Crippen LogP contribution is -2.24. The van der Waals surface area contributed by atoms with Crippen molar-refractivity contribution in [2.75, 3.05) is 6.26 Å². The highest BCUT2D eigenvalue weighted by molar-refractivity contribution is 8.00. The number of thioether (sulfide) groups is 1. The van der Waals surface area contributed by atoms with Gasteiger partial charge in [-0.3, -0.25) is 0 Å². The number of primary amides is 1. The van der Waals surface area contributed by atoms with Gasteiger partial charge in [0, 0.05) is 5.56 Å². The Labute approximate surface area is 84.2 Å². The molecule has 13 heavy (non-hydrogen) atoms. The van der Waals surface area contributed by atoms with Crippen molar-refractivity contribution < 1.29 is 4.79 Å². The van der Waals surface area contributed by atoms with Crippen LogP contribution in [-0.4, -0.2) is 18.5 Å². The van der Waals surface area contributed by atoms with Crippen molar-refractivity contribution in [3.63, 3.8) is 0 Å². The number of hydrogen-bond donors (Lipinski definition) is 2. The first kappa shape index (κ1) is 10.1. The smallest absolute Gasteiger partial charge is 0.332 e. The van der Waals surface area contributed by atoms with Gasteiger partial charge in [0.05, 0.1) is 10.4 Å². The highest BCUT2D eigenvalue weighted by Gasteiger charge is 1.98. The third-order valence-corrected chi connectivity index (χ3v) is 3.34. The third kappa shape index (κ3) is 3.08. The van der Waals surface area contributed by atoms with Gasteiger partial charge < -0.3 is 5.73 Å². The molecule has 0 atom stereocenters. The number of carbonyl (C=O) groups is 1. The summed E-state index contributed by atoms with van der Waals surface area (Å²) in [5.41, 5.74) is 7.97. The SMILES string of the molecule is CSc1sccc1/C=N/NC(N)=O. The minimum Gasteiger partial charge on any atom is -0.350 e. The van der Waals surface area contributed by atoms with Gasteiger partial charge in [-0.2, -0.15) is 5.10 Å². The van der Waals surface area contributed by atoms with Gasteiger partial charge in [-0.25, -0.2) is 10.2 Å². The monoisotopic (exact) mass is 215 g/mol. The number of nitrogens with zero attached hydrogens (tertiary/aromatic N) is 1. The lowest BCUT2D eigenvalue weighted by atomic mass is 10.4. The Kier molecular flexibility index (Phi) is 3.78. The second kappa shape index (κ2) is 4.88. The number of rotatable bonds is 3. The molecule has 0 unspecified atom stereocenters. The number of hydrogen-bond acceptors (Lipinski definition) is 4. The average Bonchev–Trinajstić information content (AvgIpc) is 2.51.